The van der Waals surface area contributed by atoms with Crippen LogP contribution in [-0.4, -0.2) is 12.1 Å². The normalized spacial score (nSPS) is 14.1. The van der Waals surface area contributed by atoms with Crippen LogP contribution in [0.15, 0.2) is 15.9 Å². The van der Waals surface area contributed by atoms with E-state index in [2.05, 4.69) is 60.4 Å². The molecule has 0 amide bonds. The van der Waals surface area contributed by atoms with Crippen molar-refractivity contribution in [2.75, 3.05) is 6.54 Å². The van der Waals surface area contributed by atoms with Crippen LogP contribution in [0.5, 0.6) is 0 Å². The molecule has 0 saturated carbocycles. The Morgan fingerprint density at radius 3 is 2.62 bits per heavy atom. The third kappa shape index (κ3) is 6.02. The van der Waals surface area contributed by atoms with Gasteiger partial charge in [0.05, 0.1) is 0 Å². The number of hydrogen-bond donors (Lipinski definition) is 1. The van der Waals surface area contributed by atoms with Crippen LogP contribution in [0.1, 0.15) is 39.0 Å². The number of thiophene rings is 1. The number of hydrogen-bond acceptors (Lipinski definition) is 2. The predicted molar refractivity (Wildman–Crippen MR) is 77.3 cm³/mol. The van der Waals surface area contributed by atoms with Crippen molar-refractivity contribution in [2.24, 2.45) is 5.92 Å². The van der Waals surface area contributed by atoms with Gasteiger partial charge in [-0.15, -0.1) is 11.3 Å². The van der Waals surface area contributed by atoms with Crippen molar-refractivity contribution in [3.05, 3.63) is 20.8 Å². The monoisotopic (exact) mass is 303 g/mol. The molecule has 1 atom stereocenters. The molecular weight excluding hydrogens is 282 g/mol. The SMILES string of the molecule is CC(CCNC(C)(C)C)Cc1cc(Br)cs1. The molecule has 1 aromatic heterocycles. The van der Waals surface area contributed by atoms with Crippen molar-refractivity contribution in [3.8, 4) is 0 Å². The smallest absolute Gasteiger partial charge is 0.0285 e. The first-order valence-electron chi connectivity index (χ1n) is 5.85. The zero-order chi connectivity index (χ0) is 12.2. The molecule has 3 heteroatoms. The van der Waals surface area contributed by atoms with Crippen LogP contribution in [0, 0.1) is 5.92 Å². The highest BCUT2D eigenvalue weighted by Crippen LogP contribution is 2.23. The maximum absolute atomic E-state index is 3.54. The van der Waals surface area contributed by atoms with Gasteiger partial charge in [0.2, 0.25) is 0 Å². The molecule has 1 heterocycles. The summed E-state index contributed by atoms with van der Waals surface area (Å²) in [7, 11) is 0. The molecule has 0 aliphatic heterocycles. The second-order valence-electron chi connectivity index (χ2n) is 5.51. The van der Waals surface area contributed by atoms with Crippen LogP contribution in [-0.2, 0) is 6.42 Å². The van der Waals surface area contributed by atoms with Crippen LogP contribution >= 0.6 is 27.3 Å². The minimum atomic E-state index is 0.242. The topological polar surface area (TPSA) is 12.0 Å². The van der Waals surface area contributed by atoms with Crippen molar-refractivity contribution >= 4 is 27.3 Å². The van der Waals surface area contributed by atoms with Gasteiger partial charge in [0.1, 0.15) is 0 Å². The van der Waals surface area contributed by atoms with Crippen LogP contribution in [0.3, 0.4) is 0 Å². The zero-order valence-electron chi connectivity index (χ0n) is 10.6. The van der Waals surface area contributed by atoms with Crippen molar-refractivity contribution in [2.45, 2.75) is 46.1 Å². The fraction of sp³-hybridized carbons (Fsp3) is 0.692. The quantitative estimate of drug-likeness (QED) is 0.846. The van der Waals surface area contributed by atoms with Gasteiger partial charge in [-0.3, -0.25) is 0 Å². The lowest BCUT2D eigenvalue weighted by molar-refractivity contribution is 0.394. The molecule has 1 N–H and O–H groups in total. The van der Waals surface area contributed by atoms with Gasteiger partial charge in [-0.1, -0.05) is 6.92 Å². The molecular formula is C13H22BrNS. The first kappa shape index (κ1) is 14.2. The molecule has 0 spiro atoms. The van der Waals surface area contributed by atoms with Crippen molar-refractivity contribution < 1.29 is 0 Å². The van der Waals surface area contributed by atoms with E-state index < -0.39 is 0 Å². The minimum absolute atomic E-state index is 0.242. The minimum Gasteiger partial charge on any atom is -0.312 e. The molecule has 0 saturated heterocycles. The molecule has 0 aliphatic rings. The summed E-state index contributed by atoms with van der Waals surface area (Å²) in [6.45, 7) is 10.1. The van der Waals surface area contributed by atoms with Gasteiger partial charge in [0.25, 0.3) is 0 Å². The van der Waals surface area contributed by atoms with E-state index in [1.165, 1.54) is 22.2 Å². The van der Waals surface area contributed by atoms with Gasteiger partial charge in [-0.25, -0.2) is 0 Å². The summed E-state index contributed by atoms with van der Waals surface area (Å²) in [5.74, 6) is 0.750. The molecule has 1 aromatic rings. The van der Waals surface area contributed by atoms with Gasteiger partial charge in [-0.05, 0) is 68.1 Å². The summed E-state index contributed by atoms with van der Waals surface area (Å²) in [6.07, 6.45) is 2.44. The molecule has 92 valence electrons. The maximum atomic E-state index is 3.54. The van der Waals surface area contributed by atoms with E-state index in [1.807, 2.05) is 11.3 Å². The first-order valence-corrected chi connectivity index (χ1v) is 7.52. The largest absolute Gasteiger partial charge is 0.312 e. The summed E-state index contributed by atoms with van der Waals surface area (Å²) in [5, 5.41) is 5.70. The van der Waals surface area contributed by atoms with Gasteiger partial charge in [0.15, 0.2) is 0 Å². The van der Waals surface area contributed by atoms with Gasteiger partial charge in [0, 0.05) is 20.3 Å². The lowest BCUT2D eigenvalue weighted by Crippen LogP contribution is -2.36. The van der Waals surface area contributed by atoms with E-state index >= 15 is 0 Å². The summed E-state index contributed by atoms with van der Waals surface area (Å²) in [4.78, 5) is 1.48. The lowest BCUT2D eigenvalue weighted by atomic mass is 10.0. The second-order valence-corrected chi connectivity index (χ2v) is 7.42. The average Bonchev–Trinajstić information content (AvgIpc) is 2.48. The van der Waals surface area contributed by atoms with Gasteiger partial charge in [-0.2, -0.15) is 0 Å². The molecule has 1 unspecified atom stereocenters. The van der Waals surface area contributed by atoms with E-state index in [0.717, 1.165) is 12.5 Å². The fourth-order valence-electron chi connectivity index (χ4n) is 1.60. The highest BCUT2D eigenvalue weighted by Gasteiger charge is 2.10. The zero-order valence-corrected chi connectivity index (χ0v) is 13.0. The van der Waals surface area contributed by atoms with Crippen LogP contribution < -0.4 is 5.32 Å². The van der Waals surface area contributed by atoms with E-state index in [4.69, 9.17) is 0 Å². The van der Waals surface area contributed by atoms with E-state index in [0.29, 0.717) is 0 Å². The predicted octanol–water partition coefficient (Wildman–Crippen LogP) is 4.47. The van der Waals surface area contributed by atoms with E-state index in [-0.39, 0.29) is 5.54 Å². The summed E-state index contributed by atoms with van der Waals surface area (Å²) in [6, 6.07) is 2.23. The molecule has 0 bridgehead atoms. The Morgan fingerprint density at radius 1 is 1.44 bits per heavy atom. The third-order valence-electron chi connectivity index (χ3n) is 2.46. The molecule has 16 heavy (non-hydrogen) atoms. The van der Waals surface area contributed by atoms with Crippen LogP contribution in [0.2, 0.25) is 0 Å². The van der Waals surface area contributed by atoms with Crippen molar-refractivity contribution in [1.29, 1.82) is 0 Å². The Bertz CT molecular complexity index is 314. The Labute approximate surface area is 112 Å². The molecule has 1 rings (SSSR count). The molecule has 0 aromatic carbocycles. The van der Waals surface area contributed by atoms with Gasteiger partial charge >= 0.3 is 0 Å². The molecule has 0 aliphatic carbocycles. The summed E-state index contributed by atoms with van der Waals surface area (Å²) in [5.41, 5.74) is 0.242. The number of rotatable bonds is 5. The van der Waals surface area contributed by atoms with Crippen LogP contribution in [0.4, 0.5) is 0 Å². The Kier molecular flexibility index (Phi) is 5.48. The van der Waals surface area contributed by atoms with E-state index in [9.17, 15) is 0 Å². The number of nitrogens with one attached hydrogen (secondary N) is 1. The first-order chi connectivity index (χ1) is 7.37. The van der Waals surface area contributed by atoms with E-state index in [1.54, 1.807) is 0 Å². The molecule has 0 radical (unpaired) electrons. The van der Waals surface area contributed by atoms with Gasteiger partial charge < -0.3 is 5.32 Å². The Morgan fingerprint density at radius 2 is 2.12 bits per heavy atom. The third-order valence-corrected chi connectivity index (χ3v) is 4.18. The average molecular weight is 304 g/mol. The highest BCUT2D eigenvalue weighted by atomic mass is 79.9. The number of halogens is 1. The second kappa shape index (κ2) is 6.18. The summed E-state index contributed by atoms with van der Waals surface area (Å²) >= 11 is 5.35. The Balaban J connectivity index is 2.23. The van der Waals surface area contributed by atoms with Crippen molar-refractivity contribution in [3.63, 3.8) is 0 Å². The summed E-state index contributed by atoms with van der Waals surface area (Å²) < 4.78 is 1.22. The lowest BCUT2D eigenvalue weighted by Gasteiger charge is -2.21. The molecule has 0 fully saturated rings. The van der Waals surface area contributed by atoms with Crippen LogP contribution in [0.25, 0.3) is 0 Å². The van der Waals surface area contributed by atoms with Crippen molar-refractivity contribution in [1.82, 2.24) is 5.32 Å². The fourth-order valence-corrected chi connectivity index (χ4v) is 3.22. The maximum Gasteiger partial charge on any atom is 0.0285 e. The highest BCUT2D eigenvalue weighted by molar-refractivity contribution is 9.10. The Hall–Kier alpha value is 0.140. The standard InChI is InChI=1S/C13H22BrNS/c1-10(5-6-15-13(2,3)4)7-12-8-11(14)9-16-12/h8-10,15H,5-7H2,1-4H3. The molecule has 1 nitrogen and oxygen atoms in total.